The van der Waals surface area contributed by atoms with Crippen molar-refractivity contribution in [2.75, 3.05) is 0 Å². The Hall–Kier alpha value is -2.88. The van der Waals surface area contributed by atoms with Crippen molar-refractivity contribution >= 4 is 97.6 Å². The Bertz CT molecular complexity index is 2540. The monoisotopic (exact) mass is 1160 g/mol. The van der Waals surface area contributed by atoms with Gasteiger partial charge in [-0.05, 0) is 11.1 Å². The van der Waals surface area contributed by atoms with Crippen molar-refractivity contribution in [2.24, 2.45) is 0 Å². The Balaban J connectivity index is 0.000000286. The fourth-order valence-corrected chi connectivity index (χ4v) is 7.47. The van der Waals surface area contributed by atoms with E-state index in [-0.39, 0.29) is 0 Å². The van der Waals surface area contributed by atoms with Crippen LogP contribution < -0.4 is 0 Å². The van der Waals surface area contributed by atoms with Gasteiger partial charge >= 0.3 is 75.7 Å². The average molecular weight is 1160 g/mol. The van der Waals surface area contributed by atoms with Crippen LogP contribution in [0.15, 0.2) is 194 Å². The summed E-state index contributed by atoms with van der Waals surface area (Å²) in [7, 11) is 25.7. The van der Waals surface area contributed by atoms with E-state index in [2.05, 4.69) is 256 Å². The van der Waals surface area contributed by atoms with Crippen molar-refractivity contribution in [1.29, 1.82) is 0 Å². The summed E-state index contributed by atoms with van der Waals surface area (Å²) in [5, 5.41) is 10.8. The summed E-state index contributed by atoms with van der Waals surface area (Å²) >= 11 is -1.65. The summed E-state index contributed by atoms with van der Waals surface area (Å²) < 4.78 is 0. The van der Waals surface area contributed by atoms with E-state index in [1.807, 2.05) is 0 Å². The van der Waals surface area contributed by atoms with Gasteiger partial charge in [0.2, 0.25) is 0 Å². The fourth-order valence-electron chi connectivity index (χ4n) is 7.47. The maximum atomic E-state index is 4.93. The van der Waals surface area contributed by atoms with Crippen LogP contribution in [0.3, 0.4) is 0 Å². The van der Waals surface area contributed by atoms with E-state index in [9.17, 15) is 0 Å². The van der Waals surface area contributed by atoms with Gasteiger partial charge in [0.1, 0.15) is 0 Å². The predicted molar refractivity (Wildman–Crippen MR) is 304 cm³/mol. The number of hydrogen-bond donors (Lipinski definition) is 0. The van der Waals surface area contributed by atoms with Crippen LogP contribution in [-0.2, 0) is 41.7 Å². The molecule has 8 heteroatoms. The van der Waals surface area contributed by atoms with Crippen molar-refractivity contribution < 1.29 is 41.7 Å². The van der Waals surface area contributed by atoms with Gasteiger partial charge in [-0.25, -0.2) is 0 Å². The summed E-state index contributed by atoms with van der Waals surface area (Å²) in [6, 6.07) is 68.8. The Morgan fingerprint density at radius 2 is 0.662 bits per heavy atom. The zero-order chi connectivity index (χ0) is 50.1. The van der Waals surface area contributed by atoms with Gasteiger partial charge in [-0.3, -0.25) is 0 Å². The molecule has 0 aliphatic carbocycles. The van der Waals surface area contributed by atoms with Gasteiger partial charge < -0.3 is 13.8 Å². The van der Waals surface area contributed by atoms with Crippen LogP contribution in [-0.4, -0.2) is 20.5 Å². The van der Waals surface area contributed by atoms with Crippen molar-refractivity contribution in [1.82, 2.24) is 0 Å². The van der Waals surface area contributed by atoms with Gasteiger partial charge in [0.05, 0.1) is 0 Å². The van der Waals surface area contributed by atoms with Crippen LogP contribution >= 0.6 is 34.1 Å². The van der Waals surface area contributed by atoms with Crippen LogP contribution in [0.2, 0.25) is 13.1 Å². The van der Waals surface area contributed by atoms with Crippen molar-refractivity contribution in [3.05, 3.63) is 230 Å². The third-order valence-corrected chi connectivity index (χ3v) is 10.2. The van der Waals surface area contributed by atoms with E-state index in [0.717, 1.165) is 12.8 Å². The zero-order valence-corrected chi connectivity index (χ0v) is 50.2. The first-order chi connectivity index (χ1) is 33.1. The first kappa shape index (κ1) is 61.2. The zero-order valence-electron chi connectivity index (χ0n) is 40.2. The second-order valence-corrected chi connectivity index (χ2v) is 22.8. The van der Waals surface area contributed by atoms with Crippen LogP contribution in [0, 0.1) is 41.5 Å². The van der Waals surface area contributed by atoms with E-state index < -0.39 is 41.7 Å². The van der Waals surface area contributed by atoms with Gasteiger partial charge in [0, 0.05) is 20.5 Å². The molecule has 10 aromatic carbocycles. The molecule has 0 amide bonds. The maximum absolute atomic E-state index is 4.93. The quantitative estimate of drug-likeness (QED) is 0.0915. The molecule has 0 spiro atoms. The standard InChI is InChI=1S/2C16H13.2C10H9.C6H12.2CH3Si.4ClH.2Zr/c2*1-12-10-14-8-5-9-15(16(14)11-12)13-6-3-2-4-7-13;2*1-8-6-9-4-2-3-5-10(9)7-8;1-3-5-6-4-2;2*1-2;;;;;;/h2*2-11H,1H3;2*2-7H,1H3;1-6H2;2*1H3;4*1H;;/q4*-1;-2;;;;;;;2*+2/p-4. The number of rotatable bonds is 5. The topological polar surface area (TPSA) is 0 Å². The molecule has 0 saturated carbocycles. The molecule has 0 fully saturated rings. The van der Waals surface area contributed by atoms with E-state index in [1.165, 1.54) is 100 Å². The predicted octanol–water partition coefficient (Wildman–Crippen LogP) is 20.2. The number of halogens is 4. The van der Waals surface area contributed by atoms with Crippen LogP contribution in [0.4, 0.5) is 0 Å². The first-order valence-corrected chi connectivity index (χ1v) is 37.0. The van der Waals surface area contributed by atoms with Gasteiger partial charge in [0.15, 0.2) is 0 Å². The molecule has 68 heavy (non-hydrogen) atoms. The molecule has 0 N–H and O–H groups in total. The first-order valence-electron chi connectivity index (χ1n) is 22.3. The number of fused-ring (bicyclic) bond motifs is 4. The van der Waals surface area contributed by atoms with E-state index in [0.29, 0.717) is 0 Å². The molecule has 10 rings (SSSR count). The Labute approximate surface area is 453 Å². The Morgan fingerprint density at radius 1 is 0.382 bits per heavy atom. The third-order valence-electron chi connectivity index (χ3n) is 10.2. The molecule has 0 saturated heterocycles. The van der Waals surface area contributed by atoms with Crippen molar-refractivity contribution in [3.63, 3.8) is 0 Å². The van der Waals surface area contributed by atoms with Crippen LogP contribution in [0.5, 0.6) is 0 Å². The summed E-state index contributed by atoms with van der Waals surface area (Å²) in [6.45, 7) is 19.5. The van der Waals surface area contributed by atoms with Gasteiger partial charge in [0.25, 0.3) is 0 Å². The van der Waals surface area contributed by atoms with E-state index in [1.54, 1.807) is 13.1 Å². The van der Waals surface area contributed by atoms with Crippen LogP contribution in [0.1, 0.15) is 47.9 Å². The average Bonchev–Trinajstić information content (AvgIpc) is 4.16. The molecular weight excluding hydrogens is 1100 g/mol. The minimum absolute atomic E-state index is 0.826. The molecule has 0 atom stereocenters. The Morgan fingerprint density at radius 3 is 0.985 bits per heavy atom. The van der Waals surface area contributed by atoms with Crippen molar-refractivity contribution in [3.8, 4) is 22.3 Å². The van der Waals surface area contributed by atoms with Gasteiger partial charge in [-0.2, -0.15) is 37.1 Å². The molecule has 10 aromatic rings. The van der Waals surface area contributed by atoms with Crippen molar-refractivity contribution in [2.45, 2.75) is 66.5 Å². The third kappa shape index (κ3) is 21.6. The summed E-state index contributed by atoms with van der Waals surface area (Å²) in [5.41, 5.74) is 10.6. The summed E-state index contributed by atoms with van der Waals surface area (Å²) in [4.78, 5) is 0. The summed E-state index contributed by atoms with van der Waals surface area (Å²) in [6.07, 6.45) is 4.61. The molecule has 6 radical (unpaired) electrons. The fraction of sp³-hybridized carbons (Fsp3) is 0.167. The number of aryl methyl sites for hydroxylation is 4. The van der Waals surface area contributed by atoms with E-state index >= 15 is 0 Å². The molecule has 352 valence electrons. The number of hydrogen-bond acceptors (Lipinski definition) is 0. The molecule has 0 heterocycles. The van der Waals surface area contributed by atoms with E-state index in [4.69, 9.17) is 34.1 Å². The molecule has 0 nitrogen and oxygen atoms in total. The normalized spacial score (nSPS) is 9.56. The van der Waals surface area contributed by atoms with Crippen LogP contribution in [0.25, 0.3) is 65.3 Å². The molecule has 0 aliphatic rings. The molecule has 0 aromatic heterocycles. The number of benzene rings is 6. The number of unbranched alkanes of at least 4 members (excludes halogenated alkanes) is 3. The van der Waals surface area contributed by atoms with Gasteiger partial charge in [-0.1, -0.05) is 150 Å². The Kier molecular flexibility index (Phi) is 33.3. The minimum atomic E-state index is -0.826. The van der Waals surface area contributed by atoms with Gasteiger partial charge in [-0.15, -0.1) is 150 Å². The second-order valence-electron chi connectivity index (χ2n) is 15.3. The molecular formula is C60H62Cl4Si2Zr2-6. The SMILES string of the molecule is C[Si].C[Si].Cc1cc2c(-c3ccccc3)cccc2[cH-]1.Cc1cc2c(-c3ccccc3)cccc2[cH-]1.Cc1cc2ccccc2[cH-]1.Cc1cc2ccccc2[cH-]1.[CH2-]CCCC[CH2-].[Cl][Zr][Cl].[Cl][Zr][Cl]. The second kappa shape index (κ2) is 37.0. The molecule has 0 aliphatic heterocycles. The molecule has 0 bridgehead atoms. The molecule has 0 unspecified atom stereocenters. The summed E-state index contributed by atoms with van der Waals surface area (Å²) in [5.74, 6) is 0.